The van der Waals surface area contributed by atoms with Crippen LogP contribution in [0, 0.1) is 17.5 Å². The van der Waals surface area contributed by atoms with E-state index in [-0.39, 0.29) is 37.5 Å². The van der Waals surface area contributed by atoms with Crippen LogP contribution >= 0.6 is 0 Å². The number of hydrogen-bond acceptors (Lipinski definition) is 5. The van der Waals surface area contributed by atoms with Crippen molar-refractivity contribution in [3.63, 3.8) is 0 Å². The van der Waals surface area contributed by atoms with Crippen LogP contribution in [0.15, 0.2) is 66.7 Å². The van der Waals surface area contributed by atoms with E-state index >= 15 is 0 Å². The molecule has 1 atom stereocenters. The summed E-state index contributed by atoms with van der Waals surface area (Å²) in [5, 5.41) is 11.9. The molecule has 3 aromatic rings. The number of amides is 2. The van der Waals surface area contributed by atoms with Gasteiger partial charge in [-0.2, -0.15) is 0 Å². The molecule has 2 amide bonds. The van der Waals surface area contributed by atoms with Crippen LogP contribution in [0.3, 0.4) is 0 Å². The first-order chi connectivity index (χ1) is 20.2. The number of carboxylic acids is 1. The van der Waals surface area contributed by atoms with Crippen molar-refractivity contribution in [3.05, 3.63) is 95.3 Å². The second-order valence-corrected chi connectivity index (χ2v) is 9.37. The van der Waals surface area contributed by atoms with Crippen molar-refractivity contribution in [1.82, 2.24) is 10.2 Å². The summed E-state index contributed by atoms with van der Waals surface area (Å²) in [6.45, 7) is 3.04. The highest BCUT2D eigenvalue weighted by Crippen LogP contribution is 2.16. The fourth-order valence-electron chi connectivity index (χ4n) is 4.02. The summed E-state index contributed by atoms with van der Waals surface area (Å²) < 4.78 is 57.0. The Bertz CT molecular complexity index is 1270. The largest absolute Gasteiger partial charge is 0.494 e. The summed E-state index contributed by atoms with van der Waals surface area (Å²) in [5.74, 6) is -1.74. The highest BCUT2D eigenvalue weighted by Gasteiger charge is 2.18. The molecule has 0 spiro atoms. The third-order valence-electron chi connectivity index (χ3n) is 6.25. The van der Waals surface area contributed by atoms with Gasteiger partial charge in [0, 0.05) is 37.7 Å². The molecule has 0 saturated heterocycles. The lowest BCUT2D eigenvalue weighted by molar-refractivity contribution is -0.149. The average molecular weight is 589 g/mol. The Balaban J connectivity index is 1.52. The number of hydrogen-bond donors (Lipinski definition) is 2. The van der Waals surface area contributed by atoms with Crippen molar-refractivity contribution in [2.24, 2.45) is 0 Å². The van der Waals surface area contributed by atoms with Gasteiger partial charge in [-0.3, -0.25) is 0 Å². The summed E-state index contributed by atoms with van der Waals surface area (Å²) in [5.41, 5.74) is 0.934. The van der Waals surface area contributed by atoms with E-state index in [0.717, 1.165) is 17.7 Å². The predicted octanol–water partition coefficient (Wildman–Crippen LogP) is 5.59. The van der Waals surface area contributed by atoms with Gasteiger partial charge in [-0.25, -0.2) is 22.8 Å². The summed E-state index contributed by atoms with van der Waals surface area (Å²) in [7, 11) is 0. The van der Waals surface area contributed by atoms with Crippen molar-refractivity contribution < 1.29 is 42.1 Å². The number of nitrogens with one attached hydrogen (secondary N) is 1. The van der Waals surface area contributed by atoms with E-state index < -0.39 is 29.7 Å². The third-order valence-corrected chi connectivity index (χ3v) is 6.25. The smallest absolute Gasteiger partial charge is 0.333 e. The van der Waals surface area contributed by atoms with Gasteiger partial charge in [0.05, 0.1) is 13.2 Å². The molecule has 42 heavy (non-hydrogen) atoms. The van der Waals surface area contributed by atoms with Gasteiger partial charge in [-0.05, 0) is 67.8 Å². The van der Waals surface area contributed by atoms with Crippen LogP contribution in [0.1, 0.15) is 30.9 Å². The lowest BCUT2D eigenvalue weighted by Crippen LogP contribution is -2.42. The van der Waals surface area contributed by atoms with Gasteiger partial charge in [0.2, 0.25) is 0 Å². The maximum atomic E-state index is 14.0. The highest BCUT2D eigenvalue weighted by molar-refractivity contribution is 5.74. The van der Waals surface area contributed by atoms with E-state index in [4.69, 9.17) is 14.2 Å². The number of halogens is 3. The fraction of sp³-hybridized carbons (Fsp3) is 0.355. The van der Waals surface area contributed by atoms with Gasteiger partial charge in [-0.1, -0.05) is 18.2 Å². The number of carbonyl (C=O) groups is 2. The lowest BCUT2D eigenvalue weighted by Gasteiger charge is -2.23. The number of carbonyl (C=O) groups excluding carboxylic acids is 1. The molecule has 0 aliphatic heterocycles. The Morgan fingerprint density at radius 1 is 0.857 bits per heavy atom. The van der Waals surface area contributed by atoms with Gasteiger partial charge in [0.15, 0.2) is 6.10 Å². The maximum Gasteiger partial charge on any atom is 0.333 e. The van der Waals surface area contributed by atoms with E-state index in [0.29, 0.717) is 44.1 Å². The number of benzene rings is 3. The Morgan fingerprint density at radius 2 is 1.50 bits per heavy atom. The molecule has 3 aromatic carbocycles. The number of carboxylic acid groups (broad SMARTS) is 1. The van der Waals surface area contributed by atoms with Gasteiger partial charge in [-0.15, -0.1) is 0 Å². The predicted molar refractivity (Wildman–Crippen MR) is 150 cm³/mol. The minimum atomic E-state index is -1.03. The molecule has 226 valence electrons. The monoisotopic (exact) mass is 588 g/mol. The summed E-state index contributed by atoms with van der Waals surface area (Å²) >= 11 is 0. The first-order valence-electron chi connectivity index (χ1n) is 13.7. The van der Waals surface area contributed by atoms with E-state index in [2.05, 4.69) is 5.32 Å². The molecule has 11 heteroatoms. The molecule has 0 bridgehead atoms. The lowest BCUT2D eigenvalue weighted by atomic mass is 10.1. The normalized spacial score (nSPS) is 11.5. The highest BCUT2D eigenvalue weighted by atomic mass is 19.1. The van der Waals surface area contributed by atoms with Crippen LogP contribution in [-0.4, -0.2) is 61.0 Å². The molecular weight excluding hydrogens is 553 g/mol. The number of unbranched alkanes of at least 4 members (excludes halogenated alkanes) is 1. The molecule has 0 aromatic heterocycles. The molecule has 3 rings (SSSR count). The number of ether oxygens (including phenoxy) is 3. The zero-order chi connectivity index (χ0) is 30.3. The molecule has 0 aliphatic carbocycles. The van der Waals surface area contributed by atoms with Crippen LogP contribution in [0.5, 0.6) is 11.5 Å². The Hall–Kier alpha value is -4.25. The molecular formula is C31H35F3N2O6. The van der Waals surface area contributed by atoms with Crippen molar-refractivity contribution in [3.8, 4) is 11.5 Å². The summed E-state index contributed by atoms with van der Waals surface area (Å²) in [6, 6.07) is 15.4. The Kier molecular flexibility index (Phi) is 13.0. The molecule has 0 aliphatic rings. The second-order valence-electron chi connectivity index (χ2n) is 9.37. The number of urea groups is 1. The molecule has 2 N–H and O–H groups in total. The quantitative estimate of drug-likeness (QED) is 0.200. The molecule has 0 radical (unpaired) electrons. The first kappa shape index (κ1) is 32.3. The van der Waals surface area contributed by atoms with Crippen LogP contribution < -0.4 is 14.8 Å². The van der Waals surface area contributed by atoms with Gasteiger partial charge in [0.25, 0.3) is 0 Å². The molecule has 0 heterocycles. The van der Waals surface area contributed by atoms with Crippen LogP contribution in [0.25, 0.3) is 0 Å². The van der Waals surface area contributed by atoms with Crippen LogP contribution in [0.4, 0.5) is 18.0 Å². The van der Waals surface area contributed by atoms with Crippen molar-refractivity contribution in [1.29, 1.82) is 0 Å². The van der Waals surface area contributed by atoms with Crippen molar-refractivity contribution >= 4 is 12.0 Å². The minimum Gasteiger partial charge on any atom is -0.494 e. The van der Waals surface area contributed by atoms with Gasteiger partial charge >= 0.3 is 12.0 Å². The number of aliphatic carboxylic acids is 1. The molecule has 0 saturated carbocycles. The summed E-state index contributed by atoms with van der Waals surface area (Å²) in [4.78, 5) is 25.8. The topological polar surface area (TPSA) is 97.3 Å². The van der Waals surface area contributed by atoms with Crippen LogP contribution in [-0.2, 0) is 22.5 Å². The molecule has 8 nitrogen and oxygen atoms in total. The van der Waals surface area contributed by atoms with E-state index in [1.807, 2.05) is 0 Å². The number of rotatable bonds is 17. The van der Waals surface area contributed by atoms with Gasteiger partial charge in [0.1, 0.15) is 35.6 Å². The zero-order valence-electron chi connectivity index (χ0n) is 23.4. The van der Waals surface area contributed by atoms with Gasteiger partial charge < -0.3 is 29.5 Å². The zero-order valence-corrected chi connectivity index (χ0v) is 23.4. The standard InChI is InChI=1S/C31H35F3N2O6/c1-2-40-29(30(37)38)19-22-5-11-26(12-6-22)42-18-16-36(15-3-4-17-41-27-13-9-24(32)10-14-27)31(39)35-21-23-7-8-25(33)20-28(23)34/h5-14,20,29H,2-4,15-19,21H2,1H3,(H,35,39)(H,37,38). The third kappa shape index (κ3) is 11.0. The SMILES string of the molecule is CCOC(Cc1ccc(OCCN(CCCCOc2ccc(F)cc2)C(=O)NCc2ccc(F)cc2F)cc1)C(=O)O. The number of nitrogens with zero attached hydrogens (tertiary/aromatic N) is 1. The van der Waals surface area contributed by atoms with E-state index in [1.165, 1.54) is 35.2 Å². The second kappa shape index (κ2) is 16.9. The summed E-state index contributed by atoms with van der Waals surface area (Å²) in [6.07, 6.45) is 0.503. The van der Waals surface area contributed by atoms with E-state index in [9.17, 15) is 27.9 Å². The average Bonchev–Trinajstić information content (AvgIpc) is 2.97. The maximum absolute atomic E-state index is 14.0. The molecule has 0 fully saturated rings. The van der Waals surface area contributed by atoms with Crippen molar-refractivity contribution in [2.45, 2.75) is 38.8 Å². The first-order valence-corrected chi connectivity index (χ1v) is 13.7. The molecule has 1 unspecified atom stereocenters. The van der Waals surface area contributed by atoms with Crippen molar-refractivity contribution in [2.75, 3.05) is 32.9 Å². The Labute approximate surface area is 243 Å². The van der Waals surface area contributed by atoms with E-state index in [1.54, 1.807) is 31.2 Å². The minimum absolute atomic E-state index is 0.115. The van der Waals surface area contributed by atoms with Crippen LogP contribution in [0.2, 0.25) is 0 Å². The fourth-order valence-corrected chi connectivity index (χ4v) is 4.02. The Morgan fingerprint density at radius 3 is 2.14 bits per heavy atom.